The molecule has 120 valence electrons. The molecule has 0 aliphatic heterocycles. The zero-order valence-electron chi connectivity index (χ0n) is 12.5. The second-order valence-corrected chi connectivity index (χ2v) is 5.48. The molecule has 0 aromatic heterocycles. The maximum Gasteiger partial charge on any atom is 0.313 e. The normalized spacial score (nSPS) is 11.6. The monoisotopic (exact) mass is 332 g/mol. The van der Waals surface area contributed by atoms with Crippen LogP contribution >= 0.6 is 11.6 Å². The van der Waals surface area contributed by atoms with E-state index >= 15 is 0 Å². The van der Waals surface area contributed by atoms with Gasteiger partial charge in [-0.2, -0.15) is 0 Å². The molecule has 2 aromatic carbocycles. The maximum absolute atomic E-state index is 11.8. The minimum absolute atomic E-state index is 0.0490. The summed E-state index contributed by atoms with van der Waals surface area (Å²) in [6.45, 7) is 1.82. The molecule has 0 radical (unpaired) electrons. The summed E-state index contributed by atoms with van der Waals surface area (Å²) < 4.78 is 0. The molecule has 1 atom stereocenters. The lowest BCUT2D eigenvalue weighted by atomic mass is 10.0. The summed E-state index contributed by atoms with van der Waals surface area (Å²) in [5, 5.41) is 15.4. The fraction of sp³-hybridized carbons (Fsp3) is 0.176. The number of amides is 2. The lowest BCUT2D eigenvalue weighted by Crippen LogP contribution is -2.37. The second-order valence-electron chi connectivity index (χ2n) is 5.05. The Kier molecular flexibility index (Phi) is 5.73. The number of aliphatic hydroxyl groups excluding tert-OH is 1. The fourth-order valence-electron chi connectivity index (χ4n) is 2.09. The first-order chi connectivity index (χ1) is 11.0. The summed E-state index contributed by atoms with van der Waals surface area (Å²) >= 11 is 5.81. The van der Waals surface area contributed by atoms with E-state index in [0.29, 0.717) is 16.3 Å². The van der Waals surface area contributed by atoms with Crippen LogP contribution in [0.4, 0.5) is 5.69 Å². The average molecular weight is 333 g/mol. The number of nitrogens with one attached hydrogen (secondary N) is 2. The molecule has 6 heteroatoms. The average Bonchev–Trinajstić information content (AvgIpc) is 2.52. The van der Waals surface area contributed by atoms with Crippen molar-refractivity contribution >= 4 is 29.1 Å². The molecule has 2 amide bonds. The van der Waals surface area contributed by atoms with Gasteiger partial charge in [0, 0.05) is 17.3 Å². The molecule has 0 saturated carbocycles. The predicted octanol–water partition coefficient (Wildman–Crippen LogP) is 2.44. The molecule has 0 aliphatic rings. The van der Waals surface area contributed by atoms with Crippen LogP contribution in [0.25, 0.3) is 0 Å². The van der Waals surface area contributed by atoms with Crippen LogP contribution in [0, 0.1) is 6.92 Å². The molecule has 23 heavy (non-hydrogen) atoms. The minimum Gasteiger partial charge on any atom is -0.387 e. The molecule has 0 aliphatic carbocycles. The molecule has 0 heterocycles. The number of aryl methyl sites for hydroxylation is 1. The summed E-state index contributed by atoms with van der Waals surface area (Å²) in [5.41, 5.74) is 2.05. The second kappa shape index (κ2) is 7.76. The smallest absolute Gasteiger partial charge is 0.313 e. The third-order valence-corrected chi connectivity index (χ3v) is 3.53. The van der Waals surface area contributed by atoms with E-state index in [1.807, 2.05) is 19.1 Å². The van der Waals surface area contributed by atoms with E-state index < -0.39 is 17.9 Å². The van der Waals surface area contributed by atoms with Gasteiger partial charge >= 0.3 is 11.8 Å². The van der Waals surface area contributed by atoms with Crippen LogP contribution in [0.5, 0.6) is 0 Å². The number of benzene rings is 2. The van der Waals surface area contributed by atoms with Gasteiger partial charge in [-0.3, -0.25) is 9.59 Å². The molecule has 1 unspecified atom stereocenters. The molecular weight excluding hydrogens is 316 g/mol. The molecule has 0 spiro atoms. The van der Waals surface area contributed by atoms with Gasteiger partial charge in [0.05, 0.1) is 6.10 Å². The van der Waals surface area contributed by atoms with E-state index in [1.54, 1.807) is 30.3 Å². The number of aliphatic hydroxyl groups is 1. The summed E-state index contributed by atoms with van der Waals surface area (Å²) in [7, 11) is 0. The number of anilines is 1. The van der Waals surface area contributed by atoms with Crippen molar-refractivity contribution in [2.24, 2.45) is 0 Å². The van der Waals surface area contributed by atoms with Crippen molar-refractivity contribution < 1.29 is 14.7 Å². The van der Waals surface area contributed by atoms with E-state index in [2.05, 4.69) is 10.6 Å². The molecule has 0 fully saturated rings. The Morgan fingerprint density at radius 3 is 2.57 bits per heavy atom. The van der Waals surface area contributed by atoms with Crippen molar-refractivity contribution in [3.63, 3.8) is 0 Å². The summed E-state index contributed by atoms with van der Waals surface area (Å²) in [5.74, 6) is -1.64. The van der Waals surface area contributed by atoms with E-state index in [0.717, 1.165) is 5.56 Å². The van der Waals surface area contributed by atoms with Crippen molar-refractivity contribution in [2.75, 3.05) is 11.9 Å². The van der Waals surface area contributed by atoms with Gasteiger partial charge in [0.2, 0.25) is 0 Å². The van der Waals surface area contributed by atoms with Crippen molar-refractivity contribution in [2.45, 2.75) is 13.0 Å². The van der Waals surface area contributed by atoms with E-state index in [4.69, 9.17) is 11.6 Å². The Morgan fingerprint density at radius 1 is 1.13 bits per heavy atom. The summed E-state index contributed by atoms with van der Waals surface area (Å²) in [4.78, 5) is 23.6. The number of carbonyl (C=O) groups is 2. The highest BCUT2D eigenvalue weighted by molar-refractivity contribution is 6.39. The molecule has 2 rings (SSSR count). The van der Waals surface area contributed by atoms with Crippen LogP contribution in [-0.2, 0) is 9.59 Å². The van der Waals surface area contributed by atoms with E-state index in [-0.39, 0.29) is 6.54 Å². The maximum atomic E-state index is 11.8. The SMILES string of the molecule is Cc1ccccc1C(O)CNC(=O)C(=O)Nc1cccc(Cl)c1. The Bertz CT molecular complexity index is 718. The molecule has 5 nitrogen and oxygen atoms in total. The van der Waals surface area contributed by atoms with Gasteiger partial charge in [-0.15, -0.1) is 0 Å². The van der Waals surface area contributed by atoms with Gasteiger partial charge in [-0.05, 0) is 36.2 Å². The molecule has 2 aromatic rings. The van der Waals surface area contributed by atoms with Gasteiger partial charge in [0.25, 0.3) is 0 Å². The predicted molar refractivity (Wildman–Crippen MR) is 89.2 cm³/mol. The summed E-state index contributed by atoms with van der Waals surface area (Å²) in [6.07, 6.45) is -0.876. The number of hydrogen-bond donors (Lipinski definition) is 3. The fourth-order valence-corrected chi connectivity index (χ4v) is 2.28. The number of carbonyl (C=O) groups excluding carboxylic acids is 2. The first kappa shape index (κ1) is 17.0. The van der Waals surface area contributed by atoms with Crippen LogP contribution in [0.1, 0.15) is 17.2 Å². The Balaban J connectivity index is 1.89. The van der Waals surface area contributed by atoms with Crippen LogP contribution in [0.15, 0.2) is 48.5 Å². The molecule has 0 saturated heterocycles. The standard InChI is InChI=1S/C17H17ClN2O3/c1-11-5-2-3-8-14(11)15(21)10-19-16(22)17(23)20-13-7-4-6-12(18)9-13/h2-9,15,21H,10H2,1H3,(H,19,22)(H,20,23). The lowest BCUT2D eigenvalue weighted by Gasteiger charge is -2.14. The lowest BCUT2D eigenvalue weighted by molar-refractivity contribution is -0.136. The molecule has 3 N–H and O–H groups in total. The van der Waals surface area contributed by atoms with Crippen LogP contribution in [0.3, 0.4) is 0 Å². The minimum atomic E-state index is -0.876. The van der Waals surface area contributed by atoms with Gasteiger partial charge < -0.3 is 15.7 Å². The third kappa shape index (κ3) is 4.81. The zero-order valence-corrected chi connectivity index (χ0v) is 13.3. The molecule has 0 bridgehead atoms. The van der Waals surface area contributed by atoms with E-state index in [1.165, 1.54) is 6.07 Å². The highest BCUT2D eigenvalue weighted by Gasteiger charge is 2.16. The Morgan fingerprint density at radius 2 is 1.87 bits per heavy atom. The Labute approximate surface area is 139 Å². The van der Waals surface area contributed by atoms with Gasteiger partial charge in [-0.1, -0.05) is 41.9 Å². The van der Waals surface area contributed by atoms with Crippen LogP contribution < -0.4 is 10.6 Å². The first-order valence-corrected chi connectivity index (χ1v) is 7.43. The quantitative estimate of drug-likeness (QED) is 0.752. The topological polar surface area (TPSA) is 78.4 Å². The largest absolute Gasteiger partial charge is 0.387 e. The first-order valence-electron chi connectivity index (χ1n) is 7.05. The highest BCUT2D eigenvalue weighted by Crippen LogP contribution is 2.16. The third-order valence-electron chi connectivity index (χ3n) is 3.29. The van der Waals surface area contributed by atoms with Crippen molar-refractivity contribution in [3.8, 4) is 0 Å². The van der Waals surface area contributed by atoms with Gasteiger partial charge in [0.15, 0.2) is 0 Å². The van der Waals surface area contributed by atoms with Crippen LogP contribution in [-0.4, -0.2) is 23.5 Å². The Hall–Kier alpha value is -2.37. The van der Waals surface area contributed by atoms with Crippen LogP contribution in [0.2, 0.25) is 5.02 Å². The highest BCUT2D eigenvalue weighted by atomic mass is 35.5. The zero-order chi connectivity index (χ0) is 16.8. The van der Waals surface area contributed by atoms with E-state index in [9.17, 15) is 14.7 Å². The number of halogens is 1. The van der Waals surface area contributed by atoms with Gasteiger partial charge in [0.1, 0.15) is 0 Å². The van der Waals surface area contributed by atoms with Crippen molar-refractivity contribution in [1.82, 2.24) is 5.32 Å². The number of hydrogen-bond acceptors (Lipinski definition) is 3. The summed E-state index contributed by atoms with van der Waals surface area (Å²) in [6, 6.07) is 13.8. The molecular formula is C17H17ClN2O3. The van der Waals surface area contributed by atoms with Gasteiger partial charge in [-0.25, -0.2) is 0 Å². The number of rotatable bonds is 4. The van der Waals surface area contributed by atoms with Crippen molar-refractivity contribution in [3.05, 3.63) is 64.7 Å². The van der Waals surface area contributed by atoms with Crippen molar-refractivity contribution in [1.29, 1.82) is 0 Å².